The summed E-state index contributed by atoms with van der Waals surface area (Å²) in [5.74, 6) is -2.15. The van der Waals surface area contributed by atoms with Crippen LogP contribution in [-0.4, -0.2) is 36.2 Å². The first kappa shape index (κ1) is 25.8. The minimum Gasteiger partial charge on any atom is -0.451 e. The van der Waals surface area contributed by atoms with Crippen molar-refractivity contribution in [1.29, 1.82) is 0 Å². The molecular formula is C22H27F2N3O6. The van der Waals surface area contributed by atoms with E-state index in [1.807, 2.05) is 6.92 Å². The molecule has 3 amide bonds. The van der Waals surface area contributed by atoms with E-state index in [9.17, 15) is 23.2 Å². The van der Waals surface area contributed by atoms with Crippen molar-refractivity contribution in [1.82, 2.24) is 16.1 Å². The highest BCUT2D eigenvalue weighted by Gasteiger charge is 2.21. The van der Waals surface area contributed by atoms with Gasteiger partial charge in [-0.05, 0) is 30.7 Å². The van der Waals surface area contributed by atoms with E-state index in [1.165, 1.54) is 35.8 Å². The lowest BCUT2D eigenvalue weighted by molar-refractivity contribution is -0.135. The molecule has 9 nitrogen and oxygen atoms in total. The molecule has 33 heavy (non-hydrogen) atoms. The standard InChI is InChI=1S/C22H27F2N3O6/c1-2-3-4-6-15(12-19(28)27-31)20(29)25-13-26-21(30)18-10-9-17(33-18)14-7-5-8-16(11-14)32-22(23)24/h5,7-11,15,22,31H,2-4,6,12-13H2,1H3,(H,25,29)(H,26,30)(H,27,28)/t15-/m1/s1. The molecule has 0 unspecified atom stereocenters. The Labute approximate surface area is 189 Å². The van der Waals surface area contributed by atoms with Gasteiger partial charge in [-0.3, -0.25) is 19.6 Å². The monoisotopic (exact) mass is 467 g/mol. The van der Waals surface area contributed by atoms with Gasteiger partial charge in [0.15, 0.2) is 5.76 Å². The van der Waals surface area contributed by atoms with Crippen molar-refractivity contribution in [2.24, 2.45) is 5.92 Å². The first-order chi connectivity index (χ1) is 15.8. The topological polar surface area (TPSA) is 130 Å². The molecule has 1 aromatic carbocycles. The quantitative estimate of drug-likeness (QED) is 0.155. The van der Waals surface area contributed by atoms with Gasteiger partial charge in [0.2, 0.25) is 11.8 Å². The molecule has 0 aliphatic heterocycles. The normalized spacial score (nSPS) is 11.7. The molecule has 0 bridgehead atoms. The average molecular weight is 467 g/mol. The summed E-state index contributed by atoms with van der Waals surface area (Å²) in [5.41, 5.74) is 1.96. The number of benzene rings is 1. The van der Waals surface area contributed by atoms with Gasteiger partial charge in [-0.2, -0.15) is 8.78 Å². The summed E-state index contributed by atoms with van der Waals surface area (Å²) in [7, 11) is 0. The number of unbranched alkanes of at least 4 members (excludes halogenated alkanes) is 2. The highest BCUT2D eigenvalue weighted by atomic mass is 19.3. The molecule has 180 valence electrons. The molecule has 4 N–H and O–H groups in total. The molecule has 0 fully saturated rings. The van der Waals surface area contributed by atoms with Crippen LogP contribution in [0.2, 0.25) is 0 Å². The van der Waals surface area contributed by atoms with Crippen LogP contribution in [-0.2, 0) is 9.59 Å². The van der Waals surface area contributed by atoms with Gasteiger partial charge >= 0.3 is 6.61 Å². The molecule has 2 rings (SSSR count). The van der Waals surface area contributed by atoms with Crippen molar-refractivity contribution in [3.8, 4) is 17.1 Å². The molecule has 11 heteroatoms. The summed E-state index contributed by atoms with van der Waals surface area (Å²) in [5, 5.41) is 13.7. The lowest BCUT2D eigenvalue weighted by atomic mass is 9.96. The predicted molar refractivity (Wildman–Crippen MR) is 113 cm³/mol. The molecule has 0 radical (unpaired) electrons. The fourth-order valence-corrected chi connectivity index (χ4v) is 3.12. The van der Waals surface area contributed by atoms with Crippen molar-refractivity contribution in [3.05, 3.63) is 42.2 Å². The molecule has 0 aliphatic carbocycles. The zero-order valence-corrected chi connectivity index (χ0v) is 18.1. The Bertz CT molecular complexity index is 934. The molecule has 0 saturated heterocycles. The third kappa shape index (κ3) is 8.53. The van der Waals surface area contributed by atoms with E-state index >= 15 is 0 Å². The maximum atomic E-state index is 12.4. The van der Waals surface area contributed by atoms with Crippen LogP contribution in [0.1, 0.15) is 49.6 Å². The fourth-order valence-electron chi connectivity index (χ4n) is 3.12. The second kappa shape index (κ2) is 13.2. The molecule has 1 aromatic heterocycles. The van der Waals surface area contributed by atoms with E-state index in [4.69, 9.17) is 9.62 Å². The number of hydrogen-bond acceptors (Lipinski definition) is 6. The Morgan fingerprint density at radius 1 is 1.12 bits per heavy atom. The number of alkyl halides is 2. The van der Waals surface area contributed by atoms with Crippen molar-refractivity contribution >= 4 is 17.7 Å². The predicted octanol–water partition coefficient (Wildman–Crippen LogP) is 3.44. The summed E-state index contributed by atoms with van der Waals surface area (Å²) in [6.45, 7) is -1.15. The first-order valence-electron chi connectivity index (χ1n) is 10.5. The van der Waals surface area contributed by atoms with Crippen LogP contribution in [0.3, 0.4) is 0 Å². The molecule has 1 atom stereocenters. The second-order valence-electron chi connectivity index (χ2n) is 7.23. The van der Waals surface area contributed by atoms with Crippen molar-refractivity contribution < 1.29 is 37.5 Å². The number of furan rings is 1. The highest BCUT2D eigenvalue weighted by Crippen LogP contribution is 2.26. The number of amides is 3. The maximum absolute atomic E-state index is 12.4. The molecular weight excluding hydrogens is 440 g/mol. The minimum absolute atomic E-state index is 0.0430. The molecule has 2 aromatic rings. The highest BCUT2D eigenvalue weighted by molar-refractivity contribution is 5.92. The molecule has 0 aliphatic rings. The third-order valence-corrected chi connectivity index (χ3v) is 4.77. The van der Waals surface area contributed by atoms with E-state index in [1.54, 1.807) is 6.07 Å². The number of carbonyl (C=O) groups excluding carboxylic acids is 3. The van der Waals surface area contributed by atoms with Crippen LogP contribution in [0.15, 0.2) is 40.8 Å². The summed E-state index contributed by atoms with van der Waals surface area (Å²) in [4.78, 5) is 36.2. The zero-order chi connectivity index (χ0) is 24.2. The number of hydroxylamine groups is 1. The van der Waals surface area contributed by atoms with Crippen molar-refractivity contribution in [2.45, 2.75) is 45.6 Å². The van der Waals surface area contributed by atoms with Crippen LogP contribution in [0.25, 0.3) is 11.3 Å². The van der Waals surface area contributed by atoms with Crippen LogP contribution in [0.5, 0.6) is 5.75 Å². The Hall–Kier alpha value is -3.47. The van der Waals surface area contributed by atoms with Gasteiger partial charge in [0.25, 0.3) is 5.91 Å². The van der Waals surface area contributed by atoms with Crippen LogP contribution in [0, 0.1) is 5.92 Å². The molecule has 0 saturated carbocycles. The van der Waals surface area contributed by atoms with Crippen LogP contribution >= 0.6 is 0 Å². The number of nitrogens with one attached hydrogen (secondary N) is 3. The van der Waals surface area contributed by atoms with Gasteiger partial charge in [-0.15, -0.1) is 0 Å². The Morgan fingerprint density at radius 2 is 1.91 bits per heavy atom. The number of halogens is 2. The van der Waals surface area contributed by atoms with Crippen molar-refractivity contribution in [3.63, 3.8) is 0 Å². The van der Waals surface area contributed by atoms with E-state index < -0.39 is 30.3 Å². The lowest BCUT2D eigenvalue weighted by Gasteiger charge is -2.16. The van der Waals surface area contributed by atoms with E-state index in [0.29, 0.717) is 12.0 Å². The third-order valence-electron chi connectivity index (χ3n) is 4.77. The Morgan fingerprint density at radius 3 is 2.61 bits per heavy atom. The zero-order valence-electron chi connectivity index (χ0n) is 18.1. The van der Waals surface area contributed by atoms with Crippen LogP contribution in [0.4, 0.5) is 8.78 Å². The summed E-state index contributed by atoms with van der Waals surface area (Å²) in [6, 6.07) is 8.76. The van der Waals surface area contributed by atoms with E-state index in [-0.39, 0.29) is 30.4 Å². The minimum atomic E-state index is -2.96. The Kier molecular flexibility index (Phi) is 10.3. The van der Waals surface area contributed by atoms with Gasteiger partial charge in [-0.25, -0.2) is 5.48 Å². The smallest absolute Gasteiger partial charge is 0.387 e. The van der Waals surface area contributed by atoms with Gasteiger partial charge in [0, 0.05) is 17.9 Å². The second-order valence-corrected chi connectivity index (χ2v) is 7.23. The van der Waals surface area contributed by atoms with Crippen LogP contribution < -0.4 is 20.9 Å². The maximum Gasteiger partial charge on any atom is 0.387 e. The number of hydrogen-bond donors (Lipinski definition) is 4. The SMILES string of the molecule is CCCCC[C@H](CC(=O)NO)C(=O)NCNC(=O)c1ccc(-c2cccc(OC(F)F)c2)o1. The summed E-state index contributed by atoms with van der Waals surface area (Å²) in [6.07, 6.45) is 2.90. The average Bonchev–Trinajstić information content (AvgIpc) is 3.28. The largest absolute Gasteiger partial charge is 0.451 e. The van der Waals surface area contributed by atoms with Crippen molar-refractivity contribution in [2.75, 3.05) is 6.67 Å². The van der Waals surface area contributed by atoms with Gasteiger partial charge < -0.3 is 19.8 Å². The first-order valence-corrected chi connectivity index (χ1v) is 10.5. The Balaban J connectivity index is 1.90. The van der Waals surface area contributed by atoms with Gasteiger partial charge in [0.1, 0.15) is 11.5 Å². The summed E-state index contributed by atoms with van der Waals surface area (Å²) < 4.78 is 34.6. The van der Waals surface area contributed by atoms with E-state index in [0.717, 1.165) is 19.3 Å². The van der Waals surface area contributed by atoms with Gasteiger partial charge in [-0.1, -0.05) is 38.3 Å². The fraction of sp³-hybridized carbons (Fsp3) is 0.409. The van der Waals surface area contributed by atoms with E-state index in [2.05, 4.69) is 15.4 Å². The summed E-state index contributed by atoms with van der Waals surface area (Å²) >= 11 is 0. The number of ether oxygens (including phenoxy) is 1. The van der Waals surface area contributed by atoms with Gasteiger partial charge in [0.05, 0.1) is 6.67 Å². The number of carbonyl (C=O) groups is 3. The molecule has 0 spiro atoms. The lowest BCUT2D eigenvalue weighted by Crippen LogP contribution is -2.41. The number of rotatable bonds is 13. The molecule has 1 heterocycles.